The van der Waals surface area contributed by atoms with E-state index in [9.17, 15) is 13.6 Å². The molecule has 24 heavy (non-hydrogen) atoms. The second kappa shape index (κ2) is 7.07. The first-order chi connectivity index (χ1) is 11.5. The zero-order valence-corrected chi connectivity index (χ0v) is 13.0. The van der Waals surface area contributed by atoms with Crippen LogP contribution in [0.2, 0.25) is 0 Å². The summed E-state index contributed by atoms with van der Waals surface area (Å²) in [6.45, 7) is 1.07. The second-order valence-corrected chi connectivity index (χ2v) is 5.81. The minimum absolute atomic E-state index is 0.0212. The maximum absolute atomic E-state index is 13.4. The molecule has 2 aromatic rings. The summed E-state index contributed by atoms with van der Waals surface area (Å²) in [5.41, 5.74) is 7.26. The van der Waals surface area contributed by atoms with Gasteiger partial charge in [0.1, 0.15) is 0 Å². The number of nitrogens with one attached hydrogen (secondary N) is 1. The molecule has 126 valence electrons. The third-order valence-corrected chi connectivity index (χ3v) is 4.14. The molecule has 0 unspecified atom stereocenters. The van der Waals surface area contributed by atoms with Crippen LogP contribution in [0.3, 0.4) is 0 Å². The molecular formula is C18H18F2N2O2. The van der Waals surface area contributed by atoms with Gasteiger partial charge in [-0.05, 0) is 41.8 Å². The van der Waals surface area contributed by atoms with Crippen molar-refractivity contribution in [1.29, 1.82) is 0 Å². The Morgan fingerprint density at radius 2 is 2.04 bits per heavy atom. The van der Waals surface area contributed by atoms with E-state index in [2.05, 4.69) is 5.32 Å². The van der Waals surface area contributed by atoms with Gasteiger partial charge in [0.05, 0.1) is 6.10 Å². The fourth-order valence-electron chi connectivity index (χ4n) is 2.90. The summed E-state index contributed by atoms with van der Waals surface area (Å²) < 4.78 is 32.2. The summed E-state index contributed by atoms with van der Waals surface area (Å²) in [7, 11) is 0. The van der Waals surface area contributed by atoms with Crippen LogP contribution in [0.1, 0.15) is 34.0 Å². The Balaban J connectivity index is 1.69. The molecule has 1 saturated heterocycles. The number of rotatable bonds is 5. The maximum atomic E-state index is 13.4. The Hall–Kier alpha value is -2.31. The number of amides is 1. The molecule has 1 fully saturated rings. The average Bonchev–Trinajstić information content (AvgIpc) is 3.04. The highest BCUT2D eigenvalue weighted by atomic mass is 19.2. The van der Waals surface area contributed by atoms with E-state index < -0.39 is 17.5 Å². The molecule has 3 rings (SSSR count). The van der Waals surface area contributed by atoms with E-state index in [4.69, 9.17) is 10.5 Å². The molecule has 0 saturated carbocycles. The van der Waals surface area contributed by atoms with Crippen molar-refractivity contribution in [3.63, 3.8) is 0 Å². The molecule has 1 aliphatic heterocycles. The number of carbonyl (C=O) groups is 1. The number of benzene rings is 2. The first-order valence-electron chi connectivity index (χ1n) is 7.73. The van der Waals surface area contributed by atoms with Gasteiger partial charge in [-0.1, -0.05) is 18.2 Å². The quantitative estimate of drug-likeness (QED) is 0.885. The van der Waals surface area contributed by atoms with E-state index in [1.165, 1.54) is 12.1 Å². The third-order valence-electron chi connectivity index (χ3n) is 4.14. The first-order valence-corrected chi connectivity index (χ1v) is 7.73. The lowest BCUT2D eigenvalue weighted by Gasteiger charge is -2.20. The highest BCUT2D eigenvalue weighted by molar-refractivity contribution is 5.92. The second-order valence-electron chi connectivity index (χ2n) is 5.81. The Kier molecular flexibility index (Phi) is 4.87. The van der Waals surface area contributed by atoms with E-state index >= 15 is 0 Å². The summed E-state index contributed by atoms with van der Waals surface area (Å²) >= 11 is 0. The predicted molar refractivity (Wildman–Crippen MR) is 85.3 cm³/mol. The number of primary amides is 1. The van der Waals surface area contributed by atoms with Crippen LogP contribution in [0.5, 0.6) is 0 Å². The molecule has 2 aromatic carbocycles. The number of hydrogen-bond acceptors (Lipinski definition) is 3. The van der Waals surface area contributed by atoms with Crippen molar-refractivity contribution < 1.29 is 18.3 Å². The first kappa shape index (κ1) is 16.5. The largest absolute Gasteiger partial charge is 0.372 e. The number of ether oxygens (including phenoxy) is 1. The van der Waals surface area contributed by atoms with Gasteiger partial charge in [-0.3, -0.25) is 4.79 Å². The molecule has 4 nitrogen and oxygen atoms in total. The zero-order valence-electron chi connectivity index (χ0n) is 13.0. The standard InChI is InChI=1S/C18H18F2N2O2/c19-14-5-4-12(9-15(14)20)17-16(6-7-24-17)22-10-11-2-1-3-13(8-11)18(21)23/h1-5,8-9,16-17,22H,6-7,10H2,(H2,21,23)/t16-,17-/m1/s1. The Morgan fingerprint density at radius 1 is 1.21 bits per heavy atom. The monoisotopic (exact) mass is 332 g/mol. The highest BCUT2D eigenvalue weighted by Crippen LogP contribution is 2.30. The van der Waals surface area contributed by atoms with Gasteiger partial charge >= 0.3 is 0 Å². The van der Waals surface area contributed by atoms with Gasteiger partial charge in [-0.25, -0.2) is 8.78 Å². The van der Waals surface area contributed by atoms with Gasteiger partial charge in [0.25, 0.3) is 0 Å². The van der Waals surface area contributed by atoms with Gasteiger partial charge in [-0.2, -0.15) is 0 Å². The van der Waals surface area contributed by atoms with Gasteiger partial charge < -0.3 is 15.8 Å². The SMILES string of the molecule is NC(=O)c1cccc(CN[C@@H]2CCO[C@@H]2c2ccc(F)c(F)c2)c1. The number of hydrogen-bond donors (Lipinski definition) is 2. The van der Waals surface area contributed by atoms with Gasteiger partial charge in [0, 0.05) is 24.8 Å². The Bertz CT molecular complexity index is 752. The number of carbonyl (C=O) groups excluding carboxylic acids is 1. The topological polar surface area (TPSA) is 64.4 Å². The summed E-state index contributed by atoms with van der Waals surface area (Å²) in [6, 6.07) is 10.9. The van der Waals surface area contributed by atoms with Gasteiger partial charge in [-0.15, -0.1) is 0 Å². The fourth-order valence-corrected chi connectivity index (χ4v) is 2.90. The van der Waals surface area contributed by atoms with Crippen LogP contribution in [0.15, 0.2) is 42.5 Å². The van der Waals surface area contributed by atoms with Gasteiger partial charge in [0.15, 0.2) is 11.6 Å². The minimum Gasteiger partial charge on any atom is -0.372 e. The van der Waals surface area contributed by atoms with E-state index in [1.807, 2.05) is 6.07 Å². The van der Waals surface area contributed by atoms with Crippen LogP contribution in [0.4, 0.5) is 8.78 Å². The van der Waals surface area contributed by atoms with Crippen molar-refractivity contribution in [2.24, 2.45) is 5.73 Å². The molecular weight excluding hydrogens is 314 g/mol. The van der Waals surface area contributed by atoms with Crippen LogP contribution in [0.25, 0.3) is 0 Å². The molecule has 2 atom stereocenters. The molecule has 1 aliphatic rings. The molecule has 1 amide bonds. The molecule has 0 aliphatic carbocycles. The van der Waals surface area contributed by atoms with E-state index in [1.54, 1.807) is 18.2 Å². The summed E-state index contributed by atoms with van der Waals surface area (Å²) in [4.78, 5) is 11.2. The average molecular weight is 332 g/mol. The lowest BCUT2D eigenvalue weighted by molar-refractivity contribution is 0.0980. The van der Waals surface area contributed by atoms with Crippen molar-refractivity contribution in [2.45, 2.75) is 25.1 Å². The molecule has 0 aromatic heterocycles. The maximum Gasteiger partial charge on any atom is 0.248 e. The van der Waals surface area contributed by atoms with Crippen molar-refractivity contribution in [3.8, 4) is 0 Å². The smallest absolute Gasteiger partial charge is 0.248 e. The van der Waals surface area contributed by atoms with Crippen LogP contribution >= 0.6 is 0 Å². The lowest BCUT2D eigenvalue weighted by atomic mass is 10.0. The summed E-state index contributed by atoms with van der Waals surface area (Å²) in [6.07, 6.45) is 0.429. The van der Waals surface area contributed by atoms with Crippen molar-refractivity contribution in [1.82, 2.24) is 5.32 Å². The minimum atomic E-state index is -0.879. The molecule has 6 heteroatoms. The molecule has 0 radical (unpaired) electrons. The van der Waals surface area contributed by atoms with Crippen LogP contribution in [0, 0.1) is 11.6 Å². The summed E-state index contributed by atoms with van der Waals surface area (Å²) in [5.74, 6) is -2.22. The summed E-state index contributed by atoms with van der Waals surface area (Å²) in [5, 5.41) is 3.35. The Morgan fingerprint density at radius 3 is 2.79 bits per heavy atom. The van der Waals surface area contributed by atoms with Crippen LogP contribution in [-0.2, 0) is 11.3 Å². The van der Waals surface area contributed by atoms with Crippen LogP contribution < -0.4 is 11.1 Å². The Labute approximate surface area is 138 Å². The molecule has 3 N–H and O–H groups in total. The fraction of sp³-hybridized carbons (Fsp3) is 0.278. The molecule has 0 bridgehead atoms. The highest BCUT2D eigenvalue weighted by Gasteiger charge is 2.29. The predicted octanol–water partition coefficient (Wildman–Crippen LogP) is 2.68. The van der Waals surface area contributed by atoms with E-state index in [0.29, 0.717) is 24.3 Å². The van der Waals surface area contributed by atoms with E-state index in [0.717, 1.165) is 18.1 Å². The van der Waals surface area contributed by atoms with Crippen molar-refractivity contribution in [3.05, 3.63) is 70.8 Å². The van der Waals surface area contributed by atoms with E-state index in [-0.39, 0.29) is 12.1 Å². The normalized spacial score (nSPS) is 20.2. The van der Waals surface area contributed by atoms with Gasteiger partial charge in [0.2, 0.25) is 5.91 Å². The van der Waals surface area contributed by atoms with Crippen LogP contribution in [-0.4, -0.2) is 18.6 Å². The lowest BCUT2D eigenvalue weighted by Crippen LogP contribution is -2.31. The zero-order chi connectivity index (χ0) is 17.1. The third kappa shape index (κ3) is 3.60. The molecule has 1 heterocycles. The molecule has 0 spiro atoms. The number of nitrogens with two attached hydrogens (primary N) is 1. The number of halogens is 2. The van der Waals surface area contributed by atoms with Crippen molar-refractivity contribution >= 4 is 5.91 Å². The van der Waals surface area contributed by atoms with Crippen molar-refractivity contribution in [2.75, 3.05) is 6.61 Å².